The third kappa shape index (κ3) is 4.97. The van der Waals surface area contributed by atoms with Crippen molar-refractivity contribution in [3.63, 3.8) is 0 Å². The molecule has 2 atom stereocenters. The highest BCUT2D eigenvalue weighted by Gasteiger charge is 2.37. The molecule has 0 aliphatic carbocycles. The number of aromatic nitrogens is 1. The number of rotatable bonds is 6. The summed E-state index contributed by atoms with van der Waals surface area (Å²) in [6, 6.07) is 3.53. The van der Waals surface area contributed by atoms with Gasteiger partial charge in [-0.3, -0.25) is 4.79 Å². The lowest BCUT2D eigenvalue weighted by atomic mass is 9.96. The highest BCUT2D eigenvalue weighted by Crippen LogP contribution is 2.27. The van der Waals surface area contributed by atoms with Crippen LogP contribution < -0.4 is 4.74 Å². The molecule has 1 amide bonds. The van der Waals surface area contributed by atoms with Gasteiger partial charge in [-0.1, -0.05) is 0 Å². The van der Waals surface area contributed by atoms with Crippen molar-refractivity contribution < 1.29 is 14.6 Å². The maximum atomic E-state index is 13.0. The van der Waals surface area contributed by atoms with E-state index in [0.717, 1.165) is 32.7 Å². The molecule has 1 N–H and O–H groups in total. The average molecular weight is 377 g/mol. The van der Waals surface area contributed by atoms with Crippen molar-refractivity contribution in [3.8, 4) is 5.88 Å². The van der Waals surface area contributed by atoms with Gasteiger partial charge in [0, 0.05) is 51.4 Å². The quantitative estimate of drug-likeness (QED) is 0.792. The largest absolute Gasteiger partial charge is 0.477 e. The standard InChI is InChI=1S/C20H32N4O3/c1-3-27-19-18(6-4-7-21-19)20(26)24-13-16(17(14-24)15-25)12-23-9-5-8-22(2)10-11-23/h4,6-7,16-17,25H,3,5,8-15H2,1-2H3/t16-,17-/m1/s1. The van der Waals surface area contributed by atoms with E-state index in [2.05, 4.69) is 21.8 Å². The zero-order chi connectivity index (χ0) is 19.2. The SMILES string of the molecule is CCOc1ncccc1C(=O)N1C[C@@H](CN2CCCN(C)CC2)[C@@H](CO)C1. The van der Waals surface area contributed by atoms with Gasteiger partial charge in [0.15, 0.2) is 0 Å². The van der Waals surface area contributed by atoms with Crippen molar-refractivity contribution in [2.75, 3.05) is 66.1 Å². The Morgan fingerprint density at radius 1 is 1.26 bits per heavy atom. The number of carbonyl (C=O) groups excluding carboxylic acids is 1. The smallest absolute Gasteiger partial charge is 0.259 e. The van der Waals surface area contributed by atoms with Crippen LogP contribution >= 0.6 is 0 Å². The van der Waals surface area contributed by atoms with Crippen molar-refractivity contribution in [1.29, 1.82) is 0 Å². The summed E-state index contributed by atoms with van der Waals surface area (Å²) < 4.78 is 5.52. The van der Waals surface area contributed by atoms with Crippen molar-refractivity contribution in [2.24, 2.45) is 11.8 Å². The van der Waals surface area contributed by atoms with Gasteiger partial charge in [0.1, 0.15) is 5.56 Å². The molecular formula is C20H32N4O3. The molecule has 27 heavy (non-hydrogen) atoms. The molecule has 2 aliphatic rings. The fourth-order valence-electron chi connectivity index (χ4n) is 4.11. The highest BCUT2D eigenvalue weighted by molar-refractivity contribution is 5.96. The second-order valence-corrected chi connectivity index (χ2v) is 7.66. The first-order valence-electron chi connectivity index (χ1n) is 10.0. The average Bonchev–Trinajstić information content (AvgIpc) is 2.97. The summed E-state index contributed by atoms with van der Waals surface area (Å²) in [5.41, 5.74) is 0.507. The number of pyridine rings is 1. The minimum atomic E-state index is -0.0527. The van der Waals surface area contributed by atoms with Crippen LogP contribution in [0.3, 0.4) is 0 Å². The van der Waals surface area contributed by atoms with Crippen molar-refractivity contribution >= 4 is 5.91 Å². The first-order valence-corrected chi connectivity index (χ1v) is 10.0. The fourth-order valence-corrected chi connectivity index (χ4v) is 4.11. The van der Waals surface area contributed by atoms with Crippen LogP contribution in [0.2, 0.25) is 0 Å². The summed E-state index contributed by atoms with van der Waals surface area (Å²) in [5, 5.41) is 9.87. The predicted octanol–water partition coefficient (Wildman–Crippen LogP) is 0.798. The van der Waals surface area contributed by atoms with Crippen LogP contribution in [0, 0.1) is 11.8 Å². The van der Waals surface area contributed by atoms with Gasteiger partial charge >= 0.3 is 0 Å². The zero-order valence-corrected chi connectivity index (χ0v) is 16.5. The van der Waals surface area contributed by atoms with Gasteiger partial charge in [0.05, 0.1) is 6.61 Å². The van der Waals surface area contributed by atoms with Crippen LogP contribution in [0.5, 0.6) is 5.88 Å². The maximum absolute atomic E-state index is 13.0. The molecule has 1 aromatic heterocycles. The molecule has 7 heteroatoms. The zero-order valence-electron chi connectivity index (χ0n) is 16.5. The molecular weight excluding hydrogens is 344 g/mol. The molecule has 0 aromatic carbocycles. The third-order valence-electron chi connectivity index (χ3n) is 5.69. The molecule has 2 saturated heterocycles. The number of hydrogen-bond acceptors (Lipinski definition) is 6. The van der Waals surface area contributed by atoms with Gasteiger partial charge in [-0.25, -0.2) is 4.98 Å². The van der Waals surface area contributed by atoms with E-state index < -0.39 is 0 Å². The van der Waals surface area contributed by atoms with Crippen molar-refractivity contribution in [1.82, 2.24) is 19.7 Å². The van der Waals surface area contributed by atoms with Crippen molar-refractivity contribution in [2.45, 2.75) is 13.3 Å². The highest BCUT2D eigenvalue weighted by atomic mass is 16.5. The Balaban J connectivity index is 1.66. The van der Waals surface area contributed by atoms with Gasteiger partial charge in [0.2, 0.25) is 5.88 Å². The second kappa shape index (κ2) is 9.48. The van der Waals surface area contributed by atoms with Crippen LogP contribution in [0.15, 0.2) is 18.3 Å². The molecule has 2 fully saturated rings. The molecule has 0 bridgehead atoms. The molecule has 0 saturated carbocycles. The Hall–Kier alpha value is -1.70. The summed E-state index contributed by atoms with van der Waals surface area (Å²) in [4.78, 5) is 24.0. The van der Waals surface area contributed by atoms with E-state index in [0.29, 0.717) is 37.1 Å². The van der Waals surface area contributed by atoms with Crippen LogP contribution in [-0.4, -0.2) is 96.8 Å². The van der Waals surface area contributed by atoms with E-state index in [-0.39, 0.29) is 18.4 Å². The van der Waals surface area contributed by atoms with Gasteiger partial charge < -0.3 is 24.5 Å². The summed E-state index contributed by atoms with van der Waals surface area (Å²) >= 11 is 0. The topological polar surface area (TPSA) is 69.1 Å². The van der Waals surface area contributed by atoms with E-state index in [1.165, 1.54) is 6.42 Å². The van der Waals surface area contributed by atoms with E-state index >= 15 is 0 Å². The Labute approximate surface area is 161 Å². The number of aliphatic hydroxyl groups excluding tert-OH is 1. The number of nitrogens with zero attached hydrogens (tertiary/aromatic N) is 4. The normalized spacial score (nSPS) is 24.8. The maximum Gasteiger partial charge on any atom is 0.259 e. The molecule has 3 rings (SSSR count). The summed E-state index contributed by atoms with van der Waals surface area (Å²) in [5.74, 6) is 0.768. The lowest BCUT2D eigenvalue weighted by Crippen LogP contribution is -2.36. The van der Waals surface area contributed by atoms with Gasteiger partial charge in [-0.05, 0) is 51.5 Å². The van der Waals surface area contributed by atoms with E-state index in [4.69, 9.17) is 4.74 Å². The summed E-state index contributed by atoms with van der Waals surface area (Å²) in [7, 11) is 2.17. The minimum Gasteiger partial charge on any atom is -0.477 e. The monoisotopic (exact) mass is 376 g/mol. The van der Waals surface area contributed by atoms with Crippen LogP contribution in [-0.2, 0) is 0 Å². The van der Waals surface area contributed by atoms with E-state index in [1.54, 1.807) is 18.3 Å². The number of ether oxygens (including phenoxy) is 1. The number of likely N-dealkylation sites (N-methyl/N-ethyl adjacent to an activating group) is 1. The lowest BCUT2D eigenvalue weighted by molar-refractivity contribution is 0.0774. The molecule has 150 valence electrons. The molecule has 0 radical (unpaired) electrons. The Morgan fingerprint density at radius 2 is 2.07 bits per heavy atom. The molecule has 7 nitrogen and oxygen atoms in total. The number of amides is 1. The summed E-state index contributed by atoms with van der Waals surface area (Å²) in [6.45, 7) is 9.04. The fraction of sp³-hybridized carbons (Fsp3) is 0.700. The molecule has 3 heterocycles. The van der Waals surface area contributed by atoms with E-state index in [9.17, 15) is 9.90 Å². The predicted molar refractivity (Wildman–Crippen MR) is 104 cm³/mol. The Bertz CT molecular complexity index is 627. The molecule has 0 unspecified atom stereocenters. The van der Waals surface area contributed by atoms with Gasteiger partial charge in [-0.2, -0.15) is 0 Å². The van der Waals surface area contributed by atoms with Gasteiger partial charge in [-0.15, -0.1) is 0 Å². The number of likely N-dealkylation sites (tertiary alicyclic amines) is 1. The summed E-state index contributed by atoms with van der Waals surface area (Å²) in [6.07, 6.45) is 2.81. The first kappa shape index (κ1) is 20.0. The molecule has 2 aliphatic heterocycles. The third-order valence-corrected chi connectivity index (χ3v) is 5.69. The van der Waals surface area contributed by atoms with E-state index in [1.807, 2.05) is 11.8 Å². The molecule has 0 spiro atoms. The Morgan fingerprint density at radius 3 is 2.85 bits per heavy atom. The lowest BCUT2D eigenvalue weighted by Gasteiger charge is -2.26. The van der Waals surface area contributed by atoms with Crippen LogP contribution in [0.25, 0.3) is 0 Å². The second-order valence-electron chi connectivity index (χ2n) is 7.66. The number of carbonyl (C=O) groups is 1. The van der Waals surface area contributed by atoms with Crippen LogP contribution in [0.4, 0.5) is 0 Å². The first-order chi connectivity index (χ1) is 13.1. The van der Waals surface area contributed by atoms with Gasteiger partial charge in [0.25, 0.3) is 5.91 Å². The Kier molecular flexibility index (Phi) is 7.04. The minimum absolute atomic E-state index is 0.0527. The van der Waals surface area contributed by atoms with Crippen molar-refractivity contribution in [3.05, 3.63) is 23.9 Å². The number of hydrogen-bond donors (Lipinski definition) is 1. The molecule has 1 aromatic rings. The van der Waals surface area contributed by atoms with Crippen LogP contribution in [0.1, 0.15) is 23.7 Å². The number of aliphatic hydroxyl groups is 1.